The number of aryl methyl sites for hydroxylation is 1. The van der Waals surface area contributed by atoms with Gasteiger partial charge in [0.1, 0.15) is 6.61 Å². The molecule has 1 saturated heterocycles. The van der Waals surface area contributed by atoms with Gasteiger partial charge in [-0.05, 0) is 76.4 Å². The molecular weight excluding hydrogens is 466 g/mol. The molecule has 2 amide bonds. The van der Waals surface area contributed by atoms with Gasteiger partial charge in [0.2, 0.25) is 0 Å². The van der Waals surface area contributed by atoms with E-state index >= 15 is 0 Å². The average Bonchev–Trinajstić information content (AvgIpc) is 2.96. The fourth-order valence-electron chi connectivity index (χ4n) is 2.96. The fraction of sp³-hybridized carbons (Fsp3) is 0.217. The summed E-state index contributed by atoms with van der Waals surface area (Å²) < 4.78 is 12.1. The molecule has 3 rings (SSSR count). The van der Waals surface area contributed by atoms with E-state index in [4.69, 9.17) is 9.47 Å². The maximum Gasteiger partial charge on any atom is 0.293 e. The van der Waals surface area contributed by atoms with E-state index in [1.54, 1.807) is 18.2 Å². The van der Waals surface area contributed by atoms with Crippen LogP contribution >= 0.6 is 27.7 Å². The molecule has 0 radical (unpaired) electrons. The van der Waals surface area contributed by atoms with Crippen LogP contribution in [0.15, 0.2) is 58.4 Å². The number of rotatable bonds is 8. The normalized spacial score (nSPS) is 15.0. The molecule has 0 unspecified atom stereocenters. The number of halogens is 1. The van der Waals surface area contributed by atoms with Gasteiger partial charge in [0.15, 0.2) is 11.5 Å². The molecule has 5 nitrogen and oxygen atoms in total. The Bertz CT molecular complexity index is 1020. The first kappa shape index (κ1) is 22.2. The first-order chi connectivity index (χ1) is 14.4. The first-order valence-electron chi connectivity index (χ1n) is 9.44. The minimum Gasteiger partial charge on any atom is -0.490 e. The molecular formula is C23H22BrNO4S. The number of carbonyl (C=O) groups is 2. The predicted molar refractivity (Wildman–Crippen MR) is 124 cm³/mol. The zero-order chi connectivity index (χ0) is 21.7. The lowest BCUT2D eigenvalue weighted by Crippen LogP contribution is -2.27. The maximum absolute atomic E-state index is 12.9. The van der Waals surface area contributed by atoms with Gasteiger partial charge in [-0.3, -0.25) is 14.5 Å². The van der Waals surface area contributed by atoms with Crippen LogP contribution in [0.3, 0.4) is 0 Å². The molecule has 1 fully saturated rings. The largest absolute Gasteiger partial charge is 0.490 e. The fourth-order valence-corrected chi connectivity index (χ4v) is 4.37. The van der Waals surface area contributed by atoms with Crippen LogP contribution in [0, 0.1) is 6.92 Å². The summed E-state index contributed by atoms with van der Waals surface area (Å²) in [4.78, 5) is 27.0. The smallest absolute Gasteiger partial charge is 0.293 e. The van der Waals surface area contributed by atoms with Crippen molar-refractivity contribution in [3.05, 3.63) is 75.1 Å². The van der Waals surface area contributed by atoms with Crippen molar-refractivity contribution in [3.8, 4) is 11.5 Å². The van der Waals surface area contributed by atoms with Crippen LogP contribution in [0.2, 0.25) is 0 Å². The average molecular weight is 488 g/mol. The monoisotopic (exact) mass is 487 g/mol. The van der Waals surface area contributed by atoms with Gasteiger partial charge >= 0.3 is 0 Å². The van der Waals surface area contributed by atoms with Crippen LogP contribution in [0.1, 0.15) is 23.6 Å². The van der Waals surface area contributed by atoms with Crippen LogP contribution in [-0.2, 0) is 11.3 Å². The highest BCUT2D eigenvalue weighted by Gasteiger charge is 2.35. The number of nitrogens with zero attached hydrogens (tertiary/aromatic N) is 1. The van der Waals surface area contributed by atoms with Crippen molar-refractivity contribution >= 4 is 44.9 Å². The SMILES string of the molecule is C=CCOc1c(Br)cc(/C=C2\SC(=O)N(Cc3ccccc3C)C2=O)cc1OCC. The summed E-state index contributed by atoms with van der Waals surface area (Å²) in [6, 6.07) is 11.4. The molecule has 30 heavy (non-hydrogen) atoms. The standard InChI is InChI=1S/C23H22BrNO4S/c1-4-10-29-21-18(24)11-16(12-19(21)28-5-2)13-20-22(26)25(23(27)30-20)14-17-9-7-6-8-15(17)3/h4,6-9,11-13H,1,5,10,14H2,2-3H3/b20-13-. The van der Waals surface area contributed by atoms with E-state index < -0.39 is 0 Å². The van der Waals surface area contributed by atoms with E-state index in [1.165, 1.54) is 4.90 Å². The molecule has 0 aliphatic carbocycles. The molecule has 1 aliphatic heterocycles. The summed E-state index contributed by atoms with van der Waals surface area (Å²) in [5.74, 6) is 0.829. The lowest BCUT2D eigenvalue weighted by Gasteiger charge is -2.14. The van der Waals surface area contributed by atoms with Crippen LogP contribution in [0.25, 0.3) is 6.08 Å². The van der Waals surface area contributed by atoms with Gasteiger partial charge in [0.25, 0.3) is 11.1 Å². The Morgan fingerprint density at radius 1 is 1.20 bits per heavy atom. The van der Waals surface area contributed by atoms with Crippen LogP contribution in [-0.4, -0.2) is 29.3 Å². The summed E-state index contributed by atoms with van der Waals surface area (Å²) in [5, 5.41) is -0.274. The van der Waals surface area contributed by atoms with Gasteiger partial charge < -0.3 is 9.47 Å². The Morgan fingerprint density at radius 3 is 2.67 bits per heavy atom. The van der Waals surface area contributed by atoms with E-state index in [1.807, 2.05) is 44.2 Å². The predicted octanol–water partition coefficient (Wildman–Crippen LogP) is 5.96. The lowest BCUT2D eigenvalue weighted by molar-refractivity contribution is -0.123. The summed E-state index contributed by atoms with van der Waals surface area (Å²) >= 11 is 4.44. The van der Waals surface area contributed by atoms with Crippen molar-refractivity contribution in [3.63, 3.8) is 0 Å². The Kier molecular flexibility index (Phi) is 7.39. The third-order valence-electron chi connectivity index (χ3n) is 4.44. The molecule has 7 heteroatoms. The zero-order valence-corrected chi connectivity index (χ0v) is 19.2. The highest BCUT2D eigenvalue weighted by Crippen LogP contribution is 2.39. The summed E-state index contributed by atoms with van der Waals surface area (Å²) in [5.41, 5.74) is 2.73. The first-order valence-corrected chi connectivity index (χ1v) is 11.1. The van der Waals surface area contributed by atoms with Crippen LogP contribution < -0.4 is 9.47 Å². The quantitative estimate of drug-likeness (QED) is 0.339. The summed E-state index contributed by atoms with van der Waals surface area (Å²) in [7, 11) is 0. The Hall–Kier alpha value is -2.51. The van der Waals surface area contributed by atoms with Crippen LogP contribution in [0.4, 0.5) is 4.79 Å². The lowest BCUT2D eigenvalue weighted by atomic mass is 10.1. The van der Waals surface area contributed by atoms with Crippen molar-refractivity contribution in [1.29, 1.82) is 0 Å². The summed E-state index contributed by atoms with van der Waals surface area (Å²) in [6.07, 6.45) is 3.36. The third kappa shape index (κ3) is 4.96. The number of thioether (sulfide) groups is 1. The van der Waals surface area contributed by atoms with E-state index in [-0.39, 0.29) is 17.7 Å². The summed E-state index contributed by atoms with van der Waals surface area (Å²) in [6.45, 7) is 8.58. The molecule has 0 spiro atoms. The number of carbonyl (C=O) groups excluding carboxylic acids is 2. The molecule has 0 N–H and O–H groups in total. The molecule has 0 saturated carbocycles. The Morgan fingerprint density at radius 2 is 1.97 bits per heavy atom. The second-order valence-corrected chi connectivity index (χ2v) is 8.40. The van der Waals surface area contributed by atoms with Crippen molar-refractivity contribution in [1.82, 2.24) is 4.90 Å². The van der Waals surface area contributed by atoms with E-state index in [0.29, 0.717) is 34.1 Å². The van der Waals surface area contributed by atoms with E-state index in [9.17, 15) is 9.59 Å². The van der Waals surface area contributed by atoms with Crippen molar-refractivity contribution in [2.24, 2.45) is 0 Å². The molecule has 0 bridgehead atoms. The molecule has 2 aromatic carbocycles. The zero-order valence-electron chi connectivity index (χ0n) is 16.8. The topological polar surface area (TPSA) is 55.8 Å². The molecule has 156 valence electrons. The van der Waals surface area contributed by atoms with E-state index in [2.05, 4.69) is 22.5 Å². The van der Waals surface area contributed by atoms with Crippen LogP contribution in [0.5, 0.6) is 11.5 Å². The van der Waals surface area contributed by atoms with Gasteiger partial charge in [-0.15, -0.1) is 0 Å². The third-order valence-corrected chi connectivity index (χ3v) is 5.93. The van der Waals surface area contributed by atoms with Gasteiger partial charge in [-0.1, -0.05) is 36.9 Å². The van der Waals surface area contributed by atoms with Gasteiger partial charge in [0, 0.05) is 0 Å². The minimum absolute atomic E-state index is 0.261. The second kappa shape index (κ2) is 10.00. The number of ether oxygens (including phenoxy) is 2. The second-order valence-electron chi connectivity index (χ2n) is 6.56. The van der Waals surface area contributed by atoms with Gasteiger partial charge in [-0.25, -0.2) is 0 Å². The highest BCUT2D eigenvalue weighted by atomic mass is 79.9. The number of benzene rings is 2. The van der Waals surface area contributed by atoms with Gasteiger partial charge in [0.05, 0.1) is 22.5 Å². The van der Waals surface area contributed by atoms with Crippen molar-refractivity contribution in [2.75, 3.05) is 13.2 Å². The Labute approximate surface area is 188 Å². The molecule has 1 heterocycles. The highest BCUT2D eigenvalue weighted by molar-refractivity contribution is 9.10. The Balaban J connectivity index is 1.87. The number of imide groups is 1. The van der Waals surface area contributed by atoms with Gasteiger partial charge in [-0.2, -0.15) is 0 Å². The van der Waals surface area contributed by atoms with E-state index in [0.717, 1.165) is 28.5 Å². The molecule has 0 aromatic heterocycles. The van der Waals surface area contributed by atoms with Crippen molar-refractivity contribution in [2.45, 2.75) is 20.4 Å². The molecule has 1 aliphatic rings. The van der Waals surface area contributed by atoms with Crippen molar-refractivity contribution < 1.29 is 19.1 Å². The number of hydrogen-bond donors (Lipinski definition) is 0. The maximum atomic E-state index is 12.9. The minimum atomic E-state index is -0.297. The number of hydrogen-bond acceptors (Lipinski definition) is 5. The molecule has 2 aromatic rings. The molecule has 0 atom stereocenters. The number of amides is 2.